The van der Waals surface area contributed by atoms with Crippen LogP contribution in [-0.2, 0) is 6.61 Å². The summed E-state index contributed by atoms with van der Waals surface area (Å²) >= 11 is 18.6. The average Bonchev–Trinajstić information content (AvgIpc) is 2.83. The van der Waals surface area contributed by atoms with Crippen molar-refractivity contribution in [2.45, 2.75) is 13.5 Å². The van der Waals surface area contributed by atoms with Crippen molar-refractivity contribution in [3.8, 4) is 29.1 Å². The molecule has 0 saturated carbocycles. The zero-order chi connectivity index (χ0) is 24.7. The van der Waals surface area contributed by atoms with Gasteiger partial charge in [-0.1, -0.05) is 40.9 Å². The van der Waals surface area contributed by atoms with Gasteiger partial charge in [-0.3, -0.25) is 0 Å². The van der Waals surface area contributed by atoms with Crippen LogP contribution in [0, 0.1) is 11.3 Å². The van der Waals surface area contributed by atoms with Gasteiger partial charge in [-0.15, -0.1) is 0 Å². The van der Waals surface area contributed by atoms with Crippen molar-refractivity contribution >= 4 is 46.5 Å². The molecule has 0 aliphatic carbocycles. The molecule has 3 aromatic rings. The van der Waals surface area contributed by atoms with E-state index in [2.05, 4.69) is 6.07 Å². The Labute approximate surface area is 214 Å². The zero-order valence-corrected chi connectivity index (χ0v) is 21.1. The van der Waals surface area contributed by atoms with Crippen LogP contribution in [0.3, 0.4) is 0 Å². The van der Waals surface area contributed by atoms with Gasteiger partial charge in [0.25, 0.3) is 0 Å². The maximum Gasteiger partial charge on any atom is 0.180 e. The summed E-state index contributed by atoms with van der Waals surface area (Å²) in [6.45, 7) is 2.50. The van der Waals surface area contributed by atoms with Gasteiger partial charge in [0.15, 0.2) is 23.0 Å². The predicted molar refractivity (Wildman–Crippen MR) is 136 cm³/mol. The summed E-state index contributed by atoms with van der Waals surface area (Å²) in [5, 5.41) is 11.0. The lowest BCUT2D eigenvalue weighted by Crippen LogP contribution is -2.01. The molecule has 3 aromatic carbocycles. The third-order valence-electron chi connectivity index (χ3n) is 4.82. The topological polar surface area (TPSA) is 60.7 Å². The van der Waals surface area contributed by atoms with Crippen LogP contribution in [0.2, 0.25) is 15.1 Å². The van der Waals surface area contributed by atoms with E-state index in [1.54, 1.807) is 62.8 Å². The van der Waals surface area contributed by atoms with Gasteiger partial charge in [0.1, 0.15) is 6.61 Å². The Morgan fingerprint density at radius 1 is 0.853 bits per heavy atom. The van der Waals surface area contributed by atoms with Gasteiger partial charge in [0, 0.05) is 0 Å². The molecule has 0 aromatic heterocycles. The van der Waals surface area contributed by atoms with Gasteiger partial charge in [0.2, 0.25) is 0 Å². The van der Waals surface area contributed by atoms with Crippen LogP contribution < -0.4 is 18.9 Å². The van der Waals surface area contributed by atoms with Crippen LogP contribution in [0.15, 0.2) is 48.5 Å². The number of benzene rings is 3. The van der Waals surface area contributed by atoms with E-state index < -0.39 is 0 Å². The molecule has 0 bridgehead atoms. The summed E-state index contributed by atoms with van der Waals surface area (Å²) in [6.07, 6.45) is 1.72. The first-order chi connectivity index (χ1) is 16.4. The molecule has 0 N–H and O–H groups in total. The van der Waals surface area contributed by atoms with E-state index in [-0.39, 0.29) is 6.61 Å². The summed E-state index contributed by atoms with van der Waals surface area (Å²) in [4.78, 5) is 0. The summed E-state index contributed by atoms with van der Waals surface area (Å²) in [5.41, 5.74) is 2.61. The Kier molecular flexibility index (Phi) is 8.95. The highest BCUT2D eigenvalue weighted by Gasteiger charge is 2.14. The minimum absolute atomic E-state index is 0.223. The second-order valence-electron chi connectivity index (χ2n) is 7.04. The standard InChI is InChI=1S/C26H22Cl3NO4/c1-4-33-25-12-17(9-19(14-30)18-6-8-23(31-2)24(13-18)32-3)11-22(29)26(25)34-15-16-5-7-20(27)21(28)10-16/h5-13H,4,15H2,1-3H3/b19-9+. The number of rotatable bonds is 9. The lowest BCUT2D eigenvalue weighted by atomic mass is 10.0. The molecule has 0 saturated heterocycles. The number of halogens is 3. The van der Waals surface area contributed by atoms with Crippen molar-refractivity contribution in [2.24, 2.45) is 0 Å². The number of hydrogen-bond donors (Lipinski definition) is 0. The second-order valence-corrected chi connectivity index (χ2v) is 8.26. The third-order valence-corrected chi connectivity index (χ3v) is 5.84. The van der Waals surface area contributed by atoms with Crippen molar-refractivity contribution in [1.29, 1.82) is 5.26 Å². The Morgan fingerprint density at radius 2 is 1.62 bits per heavy atom. The zero-order valence-electron chi connectivity index (χ0n) is 18.8. The molecule has 0 aliphatic rings. The van der Waals surface area contributed by atoms with Crippen molar-refractivity contribution in [3.63, 3.8) is 0 Å². The first kappa shape index (κ1) is 25.6. The van der Waals surface area contributed by atoms with E-state index in [1.807, 2.05) is 13.0 Å². The van der Waals surface area contributed by atoms with Crippen LogP contribution in [0.25, 0.3) is 11.6 Å². The summed E-state index contributed by atoms with van der Waals surface area (Å²) < 4.78 is 22.3. The Hall–Kier alpha value is -3.04. The van der Waals surface area contributed by atoms with Crippen LogP contribution in [0.1, 0.15) is 23.6 Å². The molecule has 8 heteroatoms. The highest BCUT2D eigenvalue weighted by atomic mass is 35.5. The molecule has 176 valence electrons. The monoisotopic (exact) mass is 517 g/mol. The van der Waals surface area contributed by atoms with E-state index in [4.69, 9.17) is 53.8 Å². The molecule has 0 unspecified atom stereocenters. The lowest BCUT2D eigenvalue weighted by molar-refractivity contribution is 0.269. The SMILES string of the molecule is CCOc1cc(/C=C(\C#N)c2ccc(OC)c(OC)c2)cc(Cl)c1OCc1ccc(Cl)c(Cl)c1. The average molecular weight is 519 g/mol. The smallest absolute Gasteiger partial charge is 0.180 e. The molecule has 0 aliphatic heterocycles. The van der Waals surface area contributed by atoms with Crippen molar-refractivity contribution in [1.82, 2.24) is 0 Å². The van der Waals surface area contributed by atoms with Gasteiger partial charge < -0.3 is 18.9 Å². The van der Waals surface area contributed by atoms with E-state index in [0.29, 0.717) is 61.4 Å². The lowest BCUT2D eigenvalue weighted by Gasteiger charge is -2.15. The molecule has 0 amide bonds. The van der Waals surface area contributed by atoms with Crippen molar-refractivity contribution in [3.05, 3.63) is 80.3 Å². The fourth-order valence-electron chi connectivity index (χ4n) is 3.21. The number of allylic oxidation sites excluding steroid dienone is 1. The van der Waals surface area contributed by atoms with E-state index in [0.717, 1.165) is 5.56 Å². The van der Waals surface area contributed by atoms with Crippen molar-refractivity contribution < 1.29 is 18.9 Å². The van der Waals surface area contributed by atoms with Gasteiger partial charge in [0.05, 0.1) is 47.5 Å². The molecule has 5 nitrogen and oxygen atoms in total. The van der Waals surface area contributed by atoms with Crippen LogP contribution in [-0.4, -0.2) is 20.8 Å². The molecule has 34 heavy (non-hydrogen) atoms. The number of methoxy groups -OCH3 is 2. The molecular formula is C26H22Cl3NO4. The molecule has 3 rings (SSSR count). The van der Waals surface area contributed by atoms with Gasteiger partial charge in [-0.25, -0.2) is 0 Å². The summed E-state index contributed by atoms with van der Waals surface area (Å²) in [7, 11) is 3.10. The molecule has 0 spiro atoms. The Balaban J connectivity index is 1.93. The first-order valence-electron chi connectivity index (χ1n) is 10.3. The highest BCUT2D eigenvalue weighted by molar-refractivity contribution is 6.42. The molecule has 0 radical (unpaired) electrons. The van der Waals surface area contributed by atoms with Crippen LogP contribution >= 0.6 is 34.8 Å². The molecule has 0 fully saturated rings. The quantitative estimate of drug-likeness (QED) is 0.214. The molecular weight excluding hydrogens is 497 g/mol. The fourth-order valence-corrected chi connectivity index (χ4v) is 3.80. The number of hydrogen-bond acceptors (Lipinski definition) is 5. The second kappa shape index (κ2) is 11.9. The number of ether oxygens (including phenoxy) is 4. The first-order valence-corrected chi connectivity index (χ1v) is 11.4. The summed E-state index contributed by atoms with van der Waals surface area (Å²) in [6, 6.07) is 16.3. The maximum absolute atomic E-state index is 9.78. The largest absolute Gasteiger partial charge is 0.493 e. The minimum atomic E-state index is 0.223. The molecule has 0 atom stereocenters. The normalized spacial score (nSPS) is 11.0. The van der Waals surface area contributed by atoms with Crippen molar-refractivity contribution in [2.75, 3.05) is 20.8 Å². The van der Waals surface area contributed by atoms with Gasteiger partial charge in [-0.05, 0) is 72.2 Å². The Bertz CT molecular complexity index is 1250. The van der Waals surface area contributed by atoms with E-state index in [1.165, 1.54) is 0 Å². The predicted octanol–water partition coefficient (Wildman–Crippen LogP) is 7.71. The number of nitriles is 1. The van der Waals surface area contributed by atoms with Crippen LogP contribution in [0.4, 0.5) is 0 Å². The van der Waals surface area contributed by atoms with E-state index in [9.17, 15) is 5.26 Å². The van der Waals surface area contributed by atoms with E-state index >= 15 is 0 Å². The fraction of sp³-hybridized carbons (Fsp3) is 0.192. The minimum Gasteiger partial charge on any atom is -0.493 e. The van der Waals surface area contributed by atoms with Gasteiger partial charge in [-0.2, -0.15) is 5.26 Å². The van der Waals surface area contributed by atoms with Gasteiger partial charge >= 0.3 is 0 Å². The third kappa shape index (κ3) is 6.09. The number of nitrogens with zero attached hydrogens (tertiary/aromatic N) is 1. The van der Waals surface area contributed by atoms with Crippen LogP contribution in [0.5, 0.6) is 23.0 Å². The maximum atomic E-state index is 9.78. The summed E-state index contributed by atoms with van der Waals surface area (Å²) in [5.74, 6) is 1.97. The Morgan fingerprint density at radius 3 is 2.26 bits per heavy atom. The molecule has 0 heterocycles. The highest BCUT2D eigenvalue weighted by Crippen LogP contribution is 2.39.